The van der Waals surface area contributed by atoms with Crippen LogP contribution in [0.4, 0.5) is 0 Å². The van der Waals surface area contributed by atoms with Gasteiger partial charge in [-0.15, -0.1) is 0 Å². The van der Waals surface area contributed by atoms with Gasteiger partial charge >= 0.3 is 5.97 Å². The molecule has 4 aliphatic heterocycles. The van der Waals surface area contributed by atoms with Crippen molar-refractivity contribution in [3.05, 3.63) is 24.3 Å². The zero-order valence-electron chi connectivity index (χ0n) is 21.4. The average molecular weight is 489 g/mol. The number of esters is 1. The number of amides is 2. The van der Waals surface area contributed by atoms with E-state index in [2.05, 4.69) is 0 Å². The second-order valence-electron chi connectivity index (χ2n) is 11.3. The Hall–Kier alpha value is -2.19. The lowest BCUT2D eigenvalue weighted by Gasteiger charge is -2.40. The van der Waals surface area contributed by atoms with Gasteiger partial charge in [0.05, 0.1) is 18.1 Å². The van der Waals surface area contributed by atoms with E-state index in [1.54, 1.807) is 9.80 Å². The maximum Gasteiger partial charge on any atom is 0.313 e. The quantitative estimate of drug-likeness (QED) is 0.351. The lowest BCUT2D eigenvalue weighted by atomic mass is 9.78. The molecule has 3 unspecified atom stereocenters. The summed E-state index contributed by atoms with van der Waals surface area (Å²) in [5.74, 6) is -2.38. The third-order valence-corrected chi connectivity index (χ3v) is 7.77. The van der Waals surface area contributed by atoms with Crippen LogP contribution >= 0.6 is 0 Å². The van der Waals surface area contributed by atoms with E-state index in [-0.39, 0.29) is 24.5 Å². The molecule has 35 heavy (non-hydrogen) atoms. The molecule has 2 fully saturated rings. The summed E-state index contributed by atoms with van der Waals surface area (Å²) in [6.07, 6.45) is 11.4. The number of likely N-dealkylation sites (tertiary alicyclic amines) is 1. The molecule has 4 rings (SSSR count). The Bertz CT molecular complexity index is 893. The molecule has 0 saturated carbocycles. The minimum Gasteiger partial charge on any atom is -0.462 e. The molecule has 4 heterocycles. The van der Waals surface area contributed by atoms with Crippen molar-refractivity contribution in [2.45, 2.75) is 95.6 Å². The van der Waals surface area contributed by atoms with E-state index < -0.39 is 41.1 Å². The second-order valence-corrected chi connectivity index (χ2v) is 11.3. The number of unbranched alkanes of at least 4 members (excludes halogenated alkanes) is 3. The van der Waals surface area contributed by atoms with Crippen LogP contribution in [0.2, 0.25) is 0 Å². The van der Waals surface area contributed by atoms with Gasteiger partial charge in [-0.25, -0.2) is 0 Å². The van der Waals surface area contributed by atoms with Crippen LogP contribution in [0.5, 0.6) is 0 Å². The maximum absolute atomic E-state index is 14.1. The minimum absolute atomic E-state index is 0.144. The molecule has 0 aromatic rings. The second kappa shape index (κ2) is 10.1. The van der Waals surface area contributed by atoms with Gasteiger partial charge in [-0.05, 0) is 53.4 Å². The summed E-state index contributed by atoms with van der Waals surface area (Å²) in [6.45, 7) is 8.79. The summed E-state index contributed by atoms with van der Waals surface area (Å²) in [4.78, 5) is 44.9. The number of cyclic esters (lactones) is 1. The van der Waals surface area contributed by atoms with Crippen molar-refractivity contribution >= 4 is 17.8 Å². The van der Waals surface area contributed by atoms with Gasteiger partial charge in [-0.3, -0.25) is 14.4 Å². The van der Waals surface area contributed by atoms with Gasteiger partial charge < -0.3 is 24.4 Å². The fraction of sp³-hybridized carbons (Fsp3) is 0.741. The third kappa shape index (κ3) is 4.67. The lowest BCUT2D eigenvalue weighted by Crippen LogP contribution is -2.58. The number of rotatable bonds is 6. The Balaban J connectivity index is 1.74. The van der Waals surface area contributed by atoms with Crippen LogP contribution in [-0.2, 0) is 23.9 Å². The van der Waals surface area contributed by atoms with Gasteiger partial charge in [-0.1, -0.05) is 37.1 Å². The average Bonchev–Trinajstić information content (AvgIpc) is 3.17. The molecular formula is C27H40N2O6. The van der Waals surface area contributed by atoms with Gasteiger partial charge in [0.1, 0.15) is 17.6 Å². The summed E-state index contributed by atoms with van der Waals surface area (Å²) in [6, 6.07) is -0.829. The standard InChI is InChI=1S/C27H40N2O6/c1-18-12-7-8-13-19-20(25(33)34-18)21-23(31)28(15-9-5-6-10-17-30)22-24(32)29(26(2,3)4)16-11-14-27(21,22)35-19/h8,11,13-14,18-22,30H,5-7,9-10,12,15-17H2,1-4H3/b13-8-/t18?,19-,20?,21+,22-,27?/m1/s1. The fourth-order valence-electron chi connectivity index (χ4n) is 6.04. The van der Waals surface area contributed by atoms with Gasteiger partial charge in [0.2, 0.25) is 11.8 Å². The maximum atomic E-state index is 14.1. The smallest absolute Gasteiger partial charge is 0.313 e. The molecule has 194 valence electrons. The Morgan fingerprint density at radius 2 is 1.83 bits per heavy atom. The number of aliphatic hydroxyl groups is 1. The number of hydrogen-bond donors (Lipinski definition) is 1. The number of hydrogen-bond acceptors (Lipinski definition) is 6. The Morgan fingerprint density at radius 1 is 1.09 bits per heavy atom. The number of aliphatic hydroxyl groups excluding tert-OH is 1. The van der Waals surface area contributed by atoms with Crippen molar-refractivity contribution in [2.24, 2.45) is 11.8 Å². The molecule has 0 bridgehead atoms. The molecule has 6 atom stereocenters. The highest BCUT2D eigenvalue weighted by molar-refractivity contribution is 5.99. The topological polar surface area (TPSA) is 96.4 Å². The van der Waals surface area contributed by atoms with Crippen LogP contribution in [0.3, 0.4) is 0 Å². The van der Waals surface area contributed by atoms with Gasteiger partial charge in [-0.2, -0.15) is 0 Å². The molecular weight excluding hydrogens is 448 g/mol. The summed E-state index contributed by atoms with van der Waals surface area (Å²) in [5, 5.41) is 9.08. The number of fused-ring (bicyclic) bond motifs is 2. The summed E-state index contributed by atoms with van der Waals surface area (Å²) in [7, 11) is 0. The number of nitrogens with zero attached hydrogens (tertiary/aromatic N) is 2. The number of carbonyl (C=O) groups excluding carboxylic acids is 3. The van der Waals surface area contributed by atoms with Crippen LogP contribution in [0.1, 0.15) is 66.2 Å². The van der Waals surface area contributed by atoms with E-state index >= 15 is 0 Å². The van der Waals surface area contributed by atoms with Gasteiger partial charge in [0.25, 0.3) is 0 Å². The van der Waals surface area contributed by atoms with Crippen molar-refractivity contribution in [3.63, 3.8) is 0 Å². The van der Waals surface area contributed by atoms with E-state index in [1.807, 2.05) is 52.0 Å². The summed E-state index contributed by atoms with van der Waals surface area (Å²) in [5.41, 5.74) is -1.65. The van der Waals surface area contributed by atoms with Crippen molar-refractivity contribution < 1.29 is 29.0 Å². The third-order valence-electron chi connectivity index (χ3n) is 7.77. The van der Waals surface area contributed by atoms with E-state index in [1.165, 1.54) is 0 Å². The Morgan fingerprint density at radius 3 is 2.54 bits per heavy atom. The first-order valence-corrected chi connectivity index (χ1v) is 13.1. The zero-order valence-corrected chi connectivity index (χ0v) is 21.4. The monoisotopic (exact) mass is 488 g/mol. The molecule has 8 heteroatoms. The highest BCUT2D eigenvalue weighted by atomic mass is 16.6. The molecule has 2 amide bonds. The van der Waals surface area contributed by atoms with Crippen LogP contribution in [0, 0.1) is 11.8 Å². The summed E-state index contributed by atoms with van der Waals surface area (Å²) >= 11 is 0. The number of allylic oxidation sites excluding steroid dienone is 1. The summed E-state index contributed by atoms with van der Waals surface area (Å²) < 4.78 is 12.4. The first kappa shape index (κ1) is 25.9. The van der Waals surface area contributed by atoms with Gasteiger partial charge in [0, 0.05) is 25.2 Å². The van der Waals surface area contributed by atoms with Crippen molar-refractivity contribution in [2.75, 3.05) is 19.7 Å². The first-order chi connectivity index (χ1) is 16.6. The molecule has 1 N–H and O–H groups in total. The van der Waals surface area contributed by atoms with E-state index in [4.69, 9.17) is 14.6 Å². The lowest BCUT2D eigenvalue weighted by molar-refractivity contribution is -0.158. The fourth-order valence-corrected chi connectivity index (χ4v) is 6.04. The largest absolute Gasteiger partial charge is 0.462 e. The van der Waals surface area contributed by atoms with E-state index in [9.17, 15) is 14.4 Å². The molecule has 0 aromatic heterocycles. The van der Waals surface area contributed by atoms with Crippen molar-refractivity contribution in [1.82, 2.24) is 9.80 Å². The molecule has 1 spiro atoms. The Kier molecular flexibility index (Phi) is 7.44. The molecule has 2 saturated heterocycles. The highest BCUT2D eigenvalue weighted by Crippen LogP contribution is 2.53. The Labute approximate surface area is 208 Å². The first-order valence-electron chi connectivity index (χ1n) is 13.1. The van der Waals surface area contributed by atoms with Crippen molar-refractivity contribution in [3.8, 4) is 0 Å². The SMILES string of the molecule is CC1CC/C=C\[C@H]2OC34C=CCN(C(C)(C)C)C(=O)[C@H]3N(CCCCCCO)C(=O)[C@@H]4C2C(=O)O1. The number of ether oxygens (including phenoxy) is 2. The normalized spacial score (nSPS) is 36.0. The predicted octanol–water partition coefficient (Wildman–Crippen LogP) is 2.60. The van der Waals surface area contributed by atoms with Crippen LogP contribution in [0.15, 0.2) is 24.3 Å². The number of carbonyl (C=O) groups is 3. The molecule has 4 aliphatic rings. The molecule has 0 aromatic carbocycles. The molecule has 0 aliphatic carbocycles. The van der Waals surface area contributed by atoms with E-state index in [0.29, 0.717) is 32.4 Å². The molecule has 0 radical (unpaired) electrons. The van der Waals surface area contributed by atoms with Crippen molar-refractivity contribution in [1.29, 1.82) is 0 Å². The molecule has 8 nitrogen and oxygen atoms in total. The minimum atomic E-state index is -1.21. The highest BCUT2D eigenvalue weighted by Gasteiger charge is 2.72. The van der Waals surface area contributed by atoms with Crippen LogP contribution in [0.25, 0.3) is 0 Å². The van der Waals surface area contributed by atoms with Crippen LogP contribution in [-0.4, -0.2) is 81.8 Å². The van der Waals surface area contributed by atoms with Gasteiger partial charge in [0.15, 0.2) is 0 Å². The predicted molar refractivity (Wildman–Crippen MR) is 130 cm³/mol. The zero-order chi connectivity index (χ0) is 25.4. The van der Waals surface area contributed by atoms with Crippen LogP contribution < -0.4 is 0 Å². The van der Waals surface area contributed by atoms with E-state index in [0.717, 1.165) is 19.3 Å².